The highest BCUT2D eigenvalue weighted by Crippen LogP contribution is 2.41. The van der Waals surface area contributed by atoms with Crippen molar-refractivity contribution in [1.29, 1.82) is 5.26 Å². The second-order valence-electron chi connectivity index (χ2n) is 10.3. The number of likely N-dealkylation sites (tertiary alicyclic amines) is 1. The van der Waals surface area contributed by atoms with Crippen molar-refractivity contribution in [2.75, 3.05) is 62.7 Å². The number of anilines is 2. The molecule has 1 atom stereocenters. The first-order valence-electron chi connectivity index (χ1n) is 13.4. The molecule has 2 aromatic heterocycles. The van der Waals surface area contributed by atoms with Crippen LogP contribution in [0.25, 0.3) is 0 Å². The first kappa shape index (κ1) is 27.7. The second-order valence-corrected chi connectivity index (χ2v) is 10.3. The number of hydrogen-bond donors (Lipinski definition) is 0. The van der Waals surface area contributed by atoms with E-state index in [9.17, 15) is 23.2 Å². The maximum atomic E-state index is 13.8. The fourth-order valence-corrected chi connectivity index (χ4v) is 5.82. The average Bonchev–Trinajstić information content (AvgIpc) is 3.38. The molecule has 0 radical (unpaired) electrons. The Hall–Kier alpha value is -3.85. The second kappa shape index (κ2) is 11.3. The van der Waals surface area contributed by atoms with Crippen molar-refractivity contribution in [3.05, 3.63) is 53.5 Å². The highest BCUT2D eigenvalue weighted by atomic mass is 19.4. The summed E-state index contributed by atoms with van der Waals surface area (Å²) in [6.07, 6.45) is 1.40. The van der Waals surface area contributed by atoms with Gasteiger partial charge in [-0.2, -0.15) is 18.4 Å². The van der Waals surface area contributed by atoms with E-state index in [-0.39, 0.29) is 30.1 Å². The number of likely N-dealkylation sites (N-methyl/N-ethyl adjacent to an activating group) is 1. The number of pyridine rings is 2. The van der Waals surface area contributed by atoms with Gasteiger partial charge in [0, 0.05) is 56.7 Å². The van der Waals surface area contributed by atoms with Crippen molar-refractivity contribution in [1.82, 2.24) is 19.8 Å². The molecule has 2 fully saturated rings. The van der Waals surface area contributed by atoms with Crippen LogP contribution in [-0.2, 0) is 23.9 Å². The average molecular weight is 556 g/mol. The van der Waals surface area contributed by atoms with Crippen LogP contribution in [0.4, 0.5) is 24.5 Å². The van der Waals surface area contributed by atoms with Crippen molar-refractivity contribution in [3.8, 4) is 11.9 Å². The summed E-state index contributed by atoms with van der Waals surface area (Å²) >= 11 is 0. The predicted octanol–water partition coefficient (Wildman–Crippen LogP) is 3.24. The molecule has 0 saturated carbocycles. The Bertz CT molecular complexity index is 1320. The van der Waals surface area contributed by atoms with Crippen LogP contribution in [0.15, 0.2) is 31.1 Å². The number of piperazine rings is 1. The van der Waals surface area contributed by atoms with Crippen molar-refractivity contribution in [2.45, 2.75) is 38.0 Å². The highest BCUT2D eigenvalue weighted by molar-refractivity contribution is 5.87. The van der Waals surface area contributed by atoms with Crippen molar-refractivity contribution in [2.24, 2.45) is 0 Å². The molecule has 5 heterocycles. The molecule has 2 aromatic rings. The molecule has 212 valence electrons. The lowest BCUT2D eigenvalue weighted by Gasteiger charge is -2.39. The molecule has 2 saturated heterocycles. The minimum Gasteiger partial charge on any atom is -0.475 e. The molecule has 0 N–H and O–H groups in total. The van der Waals surface area contributed by atoms with Gasteiger partial charge >= 0.3 is 6.18 Å². The molecular weight excluding hydrogens is 523 g/mol. The molecule has 0 aliphatic carbocycles. The summed E-state index contributed by atoms with van der Waals surface area (Å²) in [6, 6.07) is 3.88. The van der Waals surface area contributed by atoms with Gasteiger partial charge in [0.05, 0.1) is 29.2 Å². The van der Waals surface area contributed by atoms with Gasteiger partial charge in [-0.1, -0.05) is 6.58 Å². The van der Waals surface area contributed by atoms with Crippen molar-refractivity contribution >= 4 is 17.3 Å². The predicted molar refractivity (Wildman–Crippen MR) is 143 cm³/mol. The number of ether oxygens (including phenoxy) is 1. The number of halogens is 3. The Balaban J connectivity index is 1.51. The lowest BCUT2D eigenvalue weighted by Crippen LogP contribution is -2.49. The monoisotopic (exact) mass is 555 g/mol. The number of amides is 1. The fourth-order valence-electron chi connectivity index (χ4n) is 5.82. The van der Waals surface area contributed by atoms with Gasteiger partial charge in [0.15, 0.2) is 0 Å². The molecule has 0 unspecified atom stereocenters. The Morgan fingerprint density at radius 2 is 2.00 bits per heavy atom. The number of carbonyl (C=O) groups excluding carboxylic acids is 1. The topological polar surface area (TPSA) is 88.8 Å². The van der Waals surface area contributed by atoms with Gasteiger partial charge in [0.2, 0.25) is 11.8 Å². The zero-order chi connectivity index (χ0) is 28.4. The SMILES string of the molecule is C=CC(=O)N1CCN(c2c(C#N)c(OC[C@@H]3CCCN3C)nc3c2CCN(c2ccncc2C(F)(F)F)C3)CC1. The fraction of sp³-hybridized carbons (Fsp3) is 0.500. The minimum atomic E-state index is -4.54. The molecule has 0 bridgehead atoms. The van der Waals surface area contributed by atoms with E-state index >= 15 is 0 Å². The van der Waals surface area contributed by atoms with Gasteiger partial charge < -0.3 is 24.3 Å². The first-order valence-corrected chi connectivity index (χ1v) is 13.4. The Morgan fingerprint density at radius 1 is 1.23 bits per heavy atom. The van der Waals surface area contributed by atoms with Crippen LogP contribution in [0.5, 0.6) is 5.88 Å². The van der Waals surface area contributed by atoms with E-state index in [0.717, 1.165) is 31.1 Å². The first-order chi connectivity index (χ1) is 19.2. The quantitative estimate of drug-likeness (QED) is 0.502. The molecule has 9 nitrogen and oxygen atoms in total. The van der Waals surface area contributed by atoms with Crippen molar-refractivity contribution in [3.63, 3.8) is 0 Å². The smallest absolute Gasteiger partial charge is 0.419 e. The van der Waals surface area contributed by atoms with Crippen LogP contribution in [-0.4, -0.2) is 84.6 Å². The van der Waals surface area contributed by atoms with Gasteiger partial charge in [0.1, 0.15) is 18.2 Å². The van der Waals surface area contributed by atoms with E-state index in [0.29, 0.717) is 62.7 Å². The number of fused-ring (bicyclic) bond motifs is 1. The van der Waals surface area contributed by atoms with Crippen LogP contribution in [0.3, 0.4) is 0 Å². The molecule has 3 aliphatic heterocycles. The van der Waals surface area contributed by atoms with Gasteiger partial charge in [-0.25, -0.2) is 4.98 Å². The maximum absolute atomic E-state index is 13.8. The van der Waals surface area contributed by atoms with Gasteiger partial charge in [-0.3, -0.25) is 9.78 Å². The third kappa shape index (κ3) is 5.43. The number of aromatic nitrogens is 2. The maximum Gasteiger partial charge on any atom is 0.419 e. The summed E-state index contributed by atoms with van der Waals surface area (Å²) in [7, 11) is 2.03. The van der Waals surface area contributed by atoms with Crippen molar-refractivity contribution < 1.29 is 22.7 Å². The Labute approximate surface area is 231 Å². The van der Waals surface area contributed by atoms with Gasteiger partial charge in [-0.05, 0) is 45.0 Å². The summed E-state index contributed by atoms with van der Waals surface area (Å²) < 4.78 is 47.5. The zero-order valence-corrected chi connectivity index (χ0v) is 22.5. The third-order valence-corrected chi connectivity index (χ3v) is 8.02. The normalized spacial score (nSPS) is 19.8. The molecule has 0 aromatic carbocycles. The Kier molecular flexibility index (Phi) is 7.85. The van der Waals surface area contributed by atoms with E-state index in [1.54, 1.807) is 9.80 Å². The number of carbonyl (C=O) groups is 1. The summed E-state index contributed by atoms with van der Waals surface area (Å²) in [5.41, 5.74) is 1.71. The van der Waals surface area contributed by atoms with Crippen LogP contribution in [0.2, 0.25) is 0 Å². The van der Waals surface area contributed by atoms with Crippen LogP contribution in [0.1, 0.15) is 35.2 Å². The van der Waals surface area contributed by atoms with E-state index in [1.807, 2.05) is 7.05 Å². The standard InChI is InChI=1S/C28H32F3N7O2/c1-3-25(39)36-11-13-37(14-12-36)26-20-7-10-38(24-6-8-33-16-22(24)28(29,30)31)17-23(20)34-27(21(26)15-32)40-18-19-5-4-9-35(19)2/h3,6,8,16,19H,1,4-5,7,9-14,17-18H2,2H3/t19-/m0/s1. The minimum absolute atomic E-state index is 0.0486. The Morgan fingerprint density at radius 3 is 2.65 bits per heavy atom. The highest BCUT2D eigenvalue weighted by Gasteiger charge is 2.37. The number of rotatable bonds is 6. The summed E-state index contributed by atoms with van der Waals surface area (Å²) in [5, 5.41) is 10.3. The summed E-state index contributed by atoms with van der Waals surface area (Å²) in [4.78, 5) is 28.2. The lowest BCUT2D eigenvalue weighted by atomic mass is 9.97. The molecule has 0 spiro atoms. The van der Waals surface area contributed by atoms with Crippen LogP contribution >= 0.6 is 0 Å². The van der Waals surface area contributed by atoms with E-state index in [1.165, 1.54) is 18.3 Å². The molecule has 1 amide bonds. The van der Waals surface area contributed by atoms with Gasteiger partial charge in [-0.15, -0.1) is 0 Å². The van der Waals surface area contributed by atoms with Gasteiger partial charge in [0.25, 0.3) is 0 Å². The number of nitrogens with zero attached hydrogens (tertiary/aromatic N) is 7. The van der Waals surface area contributed by atoms with Crippen LogP contribution < -0.4 is 14.5 Å². The lowest BCUT2D eigenvalue weighted by molar-refractivity contribution is -0.137. The largest absolute Gasteiger partial charge is 0.475 e. The van der Waals surface area contributed by atoms with E-state index < -0.39 is 11.7 Å². The molecule has 3 aliphatic rings. The number of nitriles is 1. The van der Waals surface area contributed by atoms with E-state index in [2.05, 4.69) is 27.4 Å². The van der Waals surface area contributed by atoms with E-state index in [4.69, 9.17) is 9.72 Å². The van der Waals surface area contributed by atoms with Crippen LogP contribution in [0, 0.1) is 11.3 Å². The summed E-state index contributed by atoms with van der Waals surface area (Å²) in [6.45, 7) is 7.29. The number of hydrogen-bond acceptors (Lipinski definition) is 8. The molecule has 12 heteroatoms. The third-order valence-electron chi connectivity index (χ3n) is 8.02. The molecule has 5 rings (SSSR count). The summed E-state index contributed by atoms with van der Waals surface area (Å²) in [5.74, 6) is 0.0591. The number of alkyl halides is 3. The molecule has 40 heavy (non-hydrogen) atoms. The zero-order valence-electron chi connectivity index (χ0n) is 22.5. The molecular formula is C28H32F3N7O2.